The zero-order valence-electron chi connectivity index (χ0n) is 8.72. The molecule has 1 nitrogen and oxygen atoms in total. The third-order valence-corrected chi connectivity index (χ3v) is 4.83. The van der Waals surface area contributed by atoms with Crippen LogP contribution in [0.4, 0.5) is 8.78 Å². The highest BCUT2D eigenvalue weighted by atomic mass is 79.9. The molecular weight excluding hydrogens is 266 g/mol. The van der Waals surface area contributed by atoms with Crippen molar-refractivity contribution >= 4 is 15.9 Å². The van der Waals surface area contributed by atoms with E-state index in [1.54, 1.807) is 0 Å². The monoisotopic (exact) mass is 282 g/mol. The van der Waals surface area contributed by atoms with Gasteiger partial charge in [0.15, 0.2) is 0 Å². The van der Waals surface area contributed by atoms with Crippen molar-refractivity contribution in [2.24, 2.45) is 11.8 Å². The molecule has 0 aromatic carbocycles. The second kappa shape index (κ2) is 4.66. The summed E-state index contributed by atoms with van der Waals surface area (Å²) in [6.45, 7) is 1.40. The molecule has 1 saturated carbocycles. The van der Waals surface area contributed by atoms with E-state index < -0.39 is 11.8 Å². The van der Waals surface area contributed by atoms with E-state index in [2.05, 4.69) is 15.9 Å². The van der Waals surface area contributed by atoms with Crippen molar-refractivity contribution in [1.29, 1.82) is 0 Å². The van der Waals surface area contributed by atoms with Gasteiger partial charge >= 0.3 is 0 Å². The summed E-state index contributed by atoms with van der Waals surface area (Å²) in [5, 5.41) is 0. The van der Waals surface area contributed by atoms with Gasteiger partial charge in [-0.05, 0) is 31.6 Å². The number of hydrogen-bond donors (Lipinski definition) is 0. The van der Waals surface area contributed by atoms with Crippen LogP contribution in [-0.4, -0.2) is 24.0 Å². The van der Waals surface area contributed by atoms with Crippen LogP contribution >= 0.6 is 15.9 Å². The predicted octanol–water partition coefficient (Wildman–Crippen LogP) is 3.61. The molecule has 1 heterocycles. The largest absolute Gasteiger partial charge is 0.381 e. The van der Waals surface area contributed by atoms with Gasteiger partial charge in [-0.15, -0.1) is 0 Å². The molecular formula is C11H17BrF2O. The molecule has 1 aliphatic heterocycles. The number of halogens is 3. The lowest BCUT2D eigenvalue weighted by atomic mass is 9.88. The van der Waals surface area contributed by atoms with E-state index in [9.17, 15) is 8.78 Å². The van der Waals surface area contributed by atoms with Gasteiger partial charge in [-0.2, -0.15) is 0 Å². The molecule has 0 spiro atoms. The first-order chi connectivity index (χ1) is 7.09. The minimum atomic E-state index is -2.43. The van der Waals surface area contributed by atoms with Crippen LogP contribution < -0.4 is 0 Å². The maximum atomic E-state index is 13.4. The van der Waals surface area contributed by atoms with Gasteiger partial charge in [0.05, 0.1) is 6.61 Å². The number of ether oxygens (including phenoxy) is 1. The quantitative estimate of drug-likeness (QED) is 0.703. The standard InChI is InChI=1S/C11H17BrF2O/c12-10-3-5-15-7-8(10)6-9-2-1-4-11(9,13)14/h8-10H,1-7H2. The van der Waals surface area contributed by atoms with E-state index in [-0.39, 0.29) is 12.3 Å². The summed E-state index contributed by atoms with van der Waals surface area (Å²) in [5.41, 5.74) is 0. The molecule has 2 aliphatic rings. The Hall–Kier alpha value is 0.300. The van der Waals surface area contributed by atoms with Gasteiger partial charge in [-0.3, -0.25) is 0 Å². The highest BCUT2D eigenvalue weighted by Crippen LogP contribution is 2.45. The lowest BCUT2D eigenvalue weighted by Gasteiger charge is -2.31. The van der Waals surface area contributed by atoms with Crippen LogP contribution in [0.2, 0.25) is 0 Å². The zero-order chi connectivity index (χ0) is 10.9. The summed E-state index contributed by atoms with van der Waals surface area (Å²) in [6, 6.07) is 0. The van der Waals surface area contributed by atoms with Crippen molar-refractivity contribution < 1.29 is 13.5 Å². The summed E-state index contributed by atoms with van der Waals surface area (Å²) < 4.78 is 32.2. The highest BCUT2D eigenvalue weighted by molar-refractivity contribution is 9.09. The Bertz CT molecular complexity index is 223. The minimum Gasteiger partial charge on any atom is -0.381 e. The molecule has 0 amide bonds. The van der Waals surface area contributed by atoms with Crippen LogP contribution in [0.5, 0.6) is 0 Å². The summed E-state index contributed by atoms with van der Waals surface area (Å²) in [7, 11) is 0. The van der Waals surface area contributed by atoms with Crippen molar-refractivity contribution in [3.63, 3.8) is 0 Å². The Kier molecular flexibility index (Phi) is 3.66. The van der Waals surface area contributed by atoms with Crippen molar-refractivity contribution in [2.75, 3.05) is 13.2 Å². The van der Waals surface area contributed by atoms with E-state index in [1.807, 2.05) is 0 Å². The molecule has 0 aromatic rings. The van der Waals surface area contributed by atoms with Gasteiger partial charge in [0.1, 0.15) is 0 Å². The molecule has 2 rings (SSSR count). The zero-order valence-corrected chi connectivity index (χ0v) is 10.3. The molecule has 0 bridgehead atoms. The lowest BCUT2D eigenvalue weighted by molar-refractivity contribution is -0.0528. The van der Waals surface area contributed by atoms with Gasteiger partial charge in [-0.25, -0.2) is 8.78 Å². The maximum Gasteiger partial charge on any atom is 0.250 e. The first-order valence-electron chi connectivity index (χ1n) is 5.69. The molecule has 4 heteroatoms. The van der Waals surface area contributed by atoms with Crippen LogP contribution in [0.15, 0.2) is 0 Å². The first-order valence-corrected chi connectivity index (χ1v) is 6.61. The Labute approximate surface area is 97.7 Å². The van der Waals surface area contributed by atoms with Crippen LogP contribution in [0.25, 0.3) is 0 Å². The van der Waals surface area contributed by atoms with Crippen LogP contribution in [0.3, 0.4) is 0 Å². The number of rotatable bonds is 2. The second-order valence-corrected chi connectivity index (χ2v) is 5.90. The SMILES string of the molecule is FC1(F)CCCC1CC1COCCC1Br. The van der Waals surface area contributed by atoms with E-state index in [0.29, 0.717) is 30.7 Å². The first kappa shape index (κ1) is 11.8. The Balaban J connectivity index is 1.90. The number of hydrogen-bond acceptors (Lipinski definition) is 1. The molecule has 15 heavy (non-hydrogen) atoms. The fourth-order valence-electron chi connectivity index (χ4n) is 2.64. The molecule has 3 unspecified atom stereocenters. The fraction of sp³-hybridized carbons (Fsp3) is 1.00. The fourth-order valence-corrected chi connectivity index (χ4v) is 3.20. The maximum absolute atomic E-state index is 13.4. The van der Waals surface area contributed by atoms with Gasteiger partial charge in [-0.1, -0.05) is 15.9 Å². The third-order valence-electron chi connectivity index (χ3n) is 3.63. The average molecular weight is 283 g/mol. The molecule has 1 saturated heterocycles. The van der Waals surface area contributed by atoms with Gasteiger partial charge < -0.3 is 4.74 Å². The van der Waals surface area contributed by atoms with Crippen molar-refractivity contribution in [1.82, 2.24) is 0 Å². The van der Waals surface area contributed by atoms with Crippen molar-refractivity contribution in [3.8, 4) is 0 Å². The molecule has 0 radical (unpaired) electrons. The summed E-state index contributed by atoms with van der Waals surface area (Å²) in [6.07, 6.45) is 3.01. The average Bonchev–Trinajstić information content (AvgIpc) is 2.50. The normalized spacial score (nSPS) is 40.6. The van der Waals surface area contributed by atoms with E-state index >= 15 is 0 Å². The highest BCUT2D eigenvalue weighted by Gasteiger charge is 2.45. The van der Waals surface area contributed by atoms with Gasteiger partial charge in [0.25, 0.3) is 5.92 Å². The van der Waals surface area contributed by atoms with E-state index in [1.165, 1.54) is 0 Å². The van der Waals surface area contributed by atoms with Crippen LogP contribution in [0.1, 0.15) is 32.1 Å². The van der Waals surface area contributed by atoms with Crippen LogP contribution in [0, 0.1) is 11.8 Å². The Morgan fingerprint density at radius 3 is 2.73 bits per heavy atom. The molecule has 0 N–H and O–H groups in total. The summed E-state index contributed by atoms with van der Waals surface area (Å²) >= 11 is 3.57. The Morgan fingerprint density at radius 2 is 2.13 bits per heavy atom. The lowest BCUT2D eigenvalue weighted by Crippen LogP contribution is -2.33. The van der Waals surface area contributed by atoms with Gasteiger partial charge in [0.2, 0.25) is 0 Å². The van der Waals surface area contributed by atoms with E-state index in [4.69, 9.17) is 4.74 Å². The number of alkyl halides is 3. The van der Waals surface area contributed by atoms with Crippen LogP contribution in [-0.2, 0) is 4.74 Å². The smallest absolute Gasteiger partial charge is 0.250 e. The molecule has 3 atom stereocenters. The van der Waals surface area contributed by atoms with E-state index in [0.717, 1.165) is 13.0 Å². The van der Waals surface area contributed by atoms with Gasteiger partial charge in [0, 0.05) is 23.8 Å². The minimum absolute atomic E-state index is 0.0815. The predicted molar refractivity (Wildman–Crippen MR) is 58.5 cm³/mol. The van der Waals surface area contributed by atoms with Crippen molar-refractivity contribution in [2.45, 2.75) is 42.9 Å². The molecule has 88 valence electrons. The Morgan fingerprint density at radius 1 is 1.33 bits per heavy atom. The summed E-state index contributed by atoms with van der Waals surface area (Å²) in [4.78, 5) is 0.364. The topological polar surface area (TPSA) is 9.23 Å². The molecule has 1 aliphatic carbocycles. The molecule has 2 fully saturated rings. The molecule has 0 aromatic heterocycles. The second-order valence-electron chi connectivity index (χ2n) is 4.73. The summed E-state index contributed by atoms with van der Waals surface area (Å²) in [5.74, 6) is -2.57. The third kappa shape index (κ3) is 2.70. The van der Waals surface area contributed by atoms with Crippen molar-refractivity contribution in [3.05, 3.63) is 0 Å².